The zero-order valence-electron chi connectivity index (χ0n) is 27.6. The zero-order chi connectivity index (χ0) is 33.9. The van der Waals surface area contributed by atoms with Gasteiger partial charge in [-0.25, -0.2) is 9.97 Å². The van der Waals surface area contributed by atoms with Crippen molar-refractivity contribution in [3.8, 4) is 22.9 Å². The number of aromatic nitrogens is 4. The average molecular weight is 683 g/mol. The first kappa shape index (κ1) is 28.0. The Morgan fingerprint density at radius 2 is 1.15 bits per heavy atom. The Bertz CT molecular complexity index is 3420. The molecule has 0 aliphatic carbocycles. The molecule has 6 heteroatoms. The molecule has 5 nitrogen and oxygen atoms in total. The Labute approximate surface area is 300 Å². The third kappa shape index (κ3) is 3.76. The van der Waals surface area contributed by atoms with E-state index in [0.29, 0.717) is 11.5 Å². The molecule has 52 heavy (non-hydrogen) atoms. The molecule has 0 unspecified atom stereocenters. The van der Waals surface area contributed by atoms with E-state index in [2.05, 4.69) is 149 Å². The van der Waals surface area contributed by atoms with Gasteiger partial charge in [0, 0.05) is 58.4 Å². The summed E-state index contributed by atoms with van der Waals surface area (Å²) in [6.07, 6.45) is 0. The molecular weight excluding hydrogens is 657 g/mol. The standard InChI is InChI=1S/C46H26N4OS/c1-2-12-28(13-3-1)49-35-18-8-5-15-30(35)34-26-27(22-24-37(34)49)42-45-43(32-16-6-10-20-38(32)51-45)48-46(47-42)50-36-19-9-4-14-29(36)31-23-25-40-41(44(31)50)33-17-7-11-21-39(33)52-40/h1-26H. The highest BCUT2D eigenvalue weighted by molar-refractivity contribution is 7.26. The Hall–Kier alpha value is -6.76. The fraction of sp³-hybridized carbons (Fsp3) is 0. The third-order valence-corrected chi connectivity index (χ3v) is 11.7. The van der Waals surface area contributed by atoms with Crippen molar-refractivity contribution < 1.29 is 4.42 Å². The predicted molar refractivity (Wildman–Crippen MR) is 216 cm³/mol. The number of thiophene rings is 1. The molecule has 0 radical (unpaired) electrons. The van der Waals surface area contributed by atoms with Gasteiger partial charge < -0.3 is 8.98 Å². The smallest absolute Gasteiger partial charge is 0.236 e. The minimum atomic E-state index is 0.620. The van der Waals surface area contributed by atoms with Gasteiger partial charge in [0.2, 0.25) is 5.95 Å². The quantitative estimate of drug-likeness (QED) is 0.186. The molecule has 0 spiro atoms. The van der Waals surface area contributed by atoms with Crippen molar-refractivity contribution in [2.45, 2.75) is 0 Å². The number of furan rings is 1. The van der Waals surface area contributed by atoms with Crippen LogP contribution in [-0.4, -0.2) is 19.1 Å². The van der Waals surface area contributed by atoms with Crippen molar-refractivity contribution in [1.82, 2.24) is 19.1 Å². The molecule has 0 aliphatic heterocycles. The van der Waals surface area contributed by atoms with Gasteiger partial charge in [0.15, 0.2) is 5.58 Å². The van der Waals surface area contributed by atoms with E-state index in [4.69, 9.17) is 14.4 Å². The van der Waals surface area contributed by atoms with E-state index < -0.39 is 0 Å². The molecule has 12 rings (SSSR count). The van der Waals surface area contributed by atoms with E-state index in [1.807, 2.05) is 29.5 Å². The van der Waals surface area contributed by atoms with Crippen LogP contribution in [0.1, 0.15) is 0 Å². The largest absolute Gasteiger partial charge is 0.452 e. The average Bonchev–Trinajstić information content (AvgIpc) is 3.95. The SMILES string of the molecule is c1ccc(-n2c3ccccc3c3cc(-c4nc(-n5c6ccccc6c6ccc7sc8ccccc8c7c65)nc5c4oc4ccccc45)ccc32)cc1. The van der Waals surface area contributed by atoms with Crippen LogP contribution in [0.25, 0.3) is 109 Å². The van der Waals surface area contributed by atoms with E-state index in [9.17, 15) is 0 Å². The third-order valence-electron chi connectivity index (χ3n) is 10.5. The molecule has 0 bridgehead atoms. The first-order chi connectivity index (χ1) is 25.8. The molecular formula is C46H26N4OS. The van der Waals surface area contributed by atoms with Gasteiger partial charge in [0.05, 0.1) is 22.1 Å². The second kappa shape index (κ2) is 10.4. The van der Waals surface area contributed by atoms with Crippen molar-refractivity contribution in [1.29, 1.82) is 0 Å². The summed E-state index contributed by atoms with van der Waals surface area (Å²) in [4.78, 5) is 10.9. The Kier molecular flexibility index (Phi) is 5.59. The summed E-state index contributed by atoms with van der Waals surface area (Å²) in [5.74, 6) is 0.620. The van der Waals surface area contributed by atoms with Crippen molar-refractivity contribution in [2.75, 3.05) is 0 Å². The van der Waals surface area contributed by atoms with Crippen LogP contribution in [0.2, 0.25) is 0 Å². The number of nitrogens with zero attached hydrogens (tertiary/aromatic N) is 4. The fourth-order valence-corrected chi connectivity index (χ4v) is 9.43. The lowest BCUT2D eigenvalue weighted by atomic mass is 10.1. The number of benzene rings is 7. The molecule has 0 atom stereocenters. The van der Waals surface area contributed by atoms with Gasteiger partial charge in [0.1, 0.15) is 16.8 Å². The van der Waals surface area contributed by atoms with Crippen molar-refractivity contribution >= 4 is 97.2 Å². The maximum Gasteiger partial charge on any atom is 0.236 e. The molecule has 0 amide bonds. The van der Waals surface area contributed by atoms with Crippen LogP contribution in [0, 0.1) is 0 Å². The second-order valence-corrected chi connectivity index (χ2v) is 14.4. The normalized spacial score (nSPS) is 12.2. The Morgan fingerprint density at radius 3 is 2.00 bits per heavy atom. The first-order valence-electron chi connectivity index (χ1n) is 17.4. The summed E-state index contributed by atoms with van der Waals surface area (Å²) in [5.41, 5.74) is 9.64. The molecule has 0 fully saturated rings. The minimum absolute atomic E-state index is 0.620. The van der Waals surface area contributed by atoms with Crippen LogP contribution < -0.4 is 0 Å². The lowest BCUT2D eigenvalue weighted by Gasteiger charge is -2.11. The van der Waals surface area contributed by atoms with Crippen molar-refractivity contribution in [3.05, 3.63) is 158 Å². The summed E-state index contributed by atoms with van der Waals surface area (Å²) in [7, 11) is 0. The summed E-state index contributed by atoms with van der Waals surface area (Å²) in [5, 5.41) is 8.14. The lowest BCUT2D eigenvalue weighted by Crippen LogP contribution is -2.03. The zero-order valence-corrected chi connectivity index (χ0v) is 28.4. The van der Waals surface area contributed by atoms with E-state index in [0.717, 1.165) is 60.9 Å². The molecule has 0 N–H and O–H groups in total. The van der Waals surface area contributed by atoms with Crippen LogP contribution in [0.15, 0.2) is 162 Å². The Balaban J connectivity index is 1.21. The van der Waals surface area contributed by atoms with Crippen LogP contribution in [0.3, 0.4) is 0 Å². The summed E-state index contributed by atoms with van der Waals surface area (Å²) in [6, 6.07) is 55.8. The number of para-hydroxylation sites is 4. The van der Waals surface area contributed by atoms with Gasteiger partial charge in [-0.2, -0.15) is 0 Å². The van der Waals surface area contributed by atoms with Crippen molar-refractivity contribution in [3.63, 3.8) is 0 Å². The number of hydrogen-bond donors (Lipinski definition) is 0. The maximum atomic E-state index is 6.64. The van der Waals surface area contributed by atoms with E-state index in [1.54, 1.807) is 0 Å². The molecule has 0 saturated carbocycles. The highest BCUT2D eigenvalue weighted by Crippen LogP contribution is 2.44. The summed E-state index contributed by atoms with van der Waals surface area (Å²) >= 11 is 1.83. The van der Waals surface area contributed by atoms with Gasteiger partial charge in [-0.3, -0.25) is 4.57 Å². The van der Waals surface area contributed by atoms with E-state index in [1.165, 1.54) is 36.3 Å². The molecule has 5 heterocycles. The van der Waals surface area contributed by atoms with Crippen LogP contribution in [0.4, 0.5) is 0 Å². The molecule has 12 aromatic rings. The molecule has 5 aromatic heterocycles. The highest BCUT2D eigenvalue weighted by atomic mass is 32.1. The second-order valence-electron chi connectivity index (χ2n) is 13.4. The lowest BCUT2D eigenvalue weighted by molar-refractivity contribution is 0.666. The van der Waals surface area contributed by atoms with Gasteiger partial charge in [-0.1, -0.05) is 97.1 Å². The first-order valence-corrected chi connectivity index (χ1v) is 18.2. The number of hydrogen-bond acceptors (Lipinski definition) is 4. The van der Waals surface area contributed by atoms with Crippen LogP contribution in [-0.2, 0) is 0 Å². The molecule has 7 aromatic carbocycles. The fourth-order valence-electron chi connectivity index (χ4n) is 8.32. The number of fused-ring (bicyclic) bond motifs is 13. The van der Waals surface area contributed by atoms with E-state index in [-0.39, 0.29) is 0 Å². The van der Waals surface area contributed by atoms with Crippen LogP contribution in [0.5, 0.6) is 0 Å². The Morgan fingerprint density at radius 1 is 0.481 bits per heavy atom. The van der Waals surface area contributed by atoms with Gasteiger partial charge in [0.25, 0.3) is 0 Å². The maximum absolute atomic E-state index is 6.64. The van der Waals surface area contributed by atoms with Crippen molar-refractivity contribution in [2.24, 2.45) is 0 Å². The van der Waals surface area contributed by atoms with Gasteiger partial charge in [-0.15, -0.1) is 11.3 Å². The van der Waals surface area contributed by atoms with E-state index >= 15 is 0 Å². The molecule has 0 saturated heterocycles. The van der Waals surface area contributed by atoms with Gasteiger partial charge in [-0.05, 0) is 60.7 Å². The van der Waals surface area contributed by atoms with Gasteiger partial charge >= 0.3 is 0 Å². The molecule has 0 aliphatic rings. The summed E-state index contributed by atoms with van der Waals surface area (Å²) in [6.45, 7) is 0. The van der Waals surface area contributed by atoms with Crippen LogP contribution >= 0.6 is 11.3 Å². The number of rotatable bonds is 3. The molecule has 242 valence electrons. The minimum Gasteiger partial charge on any atom is -0.452 e. The topological polar surface area (TPSA) is 48.8 Å². The monoisotopic (exact) mass is 682 g/mol. The highest BCUT2D eigenvalue weighted by Gasteiger charge is 2.24. The summed E-state index contributed by atoms with van der Waals surface area (Å²) < 4.78 is 13.8. The predicted octanol–water partition coefficient (Wildman–Crippen LogP) is 12.6.